The van der Waals surface area contributed by atoms with E-state index in [-0.39, 0.29) is 17.4 Å². The lowest BCUT2D eigenvalue weighted by Crippen LogP contribution is -2.50. The smallest absolute Gasteiger partial charge is 0.225 e. The van der Waals surface area contributed by atoms with Gasteiger partial charge in [-0.15, -0.1) is 0 Å². The van der Waals surface area contributed by atoms with Gasteiger partial charge in [0.05, 0.1) is 5.02 Å². The lowest BCUT2D eigenvalue weighted by atomic mass is 9.94. The quantitative estimate of drug-likeness (QED) is 0.912. The number of carbonyl (C=O) groups is 1. The van der Waals surface area contributed by atoms with Crippen LogP contribution in [0.15, 0.2) is 18.3 Å². The maximum absolute atomic E-state index is 12.1. The average Bonchev–Trinajstić information content (AvgIpc) is 2.38. The van der Waals surface area contributed by atoms with Crippen LogP contribution in [0, 0.1) is 5.41 Å². The molecule has 2 heterocycles. The lowest BCUT2D eigenvalue weighted by Gasteiger charge is -2.35. The molecule has 110 valence electrons. The van der Waals surface area contributed by atoms with Crippen LogP contribution in [-0.4, -0.2) is 30.0 Å². The monoisotopic (exact) mass is 295 g/mol. The molecule has 1 aromatic rings. The molecular formula is C15H22ClN3O. The molecule has 0 saturated carbocycles. The molecule has 1 saturated heterocycles. The molecule has 1 atom stereocenters. The highest BCUT2D eigenvalue weighted by molar-refractivity contribution is 6.32. The Balaban J connectivity index is 2.03. The first-order valence-electron chi connectivity index (χ1n) is 7.04. The van der Waals surface area contributed by atoms with E-state index < -0.39 is 0 Å². The van der Waals surface area contributed by atoms with Gasteiger partial charge in [-0.1, -0.05) is 32.4 Å². The molecule has 0 aromatic carbocycles. The average molecular weight is 296 g/mol. The number of piperidine rings is 1. The summed E-state index contributed by atoms with van der Waals surface area (Å²) in [5.41, 5.74) is -0.356. The molecule has 0 aliphatic carbocycles. The highest BCUT2D eigenvalue weighted by Crippen LogP contribution is 2.25. The Kier molecular flexibility index (Phi) is 4.53. The number of carbonyl (C=O) groups excluding carboxylic acids is 1. The largest absolute Gasteiger partial charge is 0.353 e. The van der Waals surface area contributed by atoms with Crippen LogP contribution in [0.3, 0.4) is 0 Å². The van der Waals surface area contributed by atoms with Crippen molar-refractivity contribution in [2.45, 2.75) is 39.7 Å². The molecule has 0 radical (unpaired) electrons. The molecule has 1 aliphatic rings. The maximum Gasteiger partial charge on any atom is 0.225 e. The van der Waals surface area contributed by atoms with E-state index in [4.69, 9.17) is 11.6 Å². The second-order valence-electron chi connectivity index (χ2n) is 6.32. The van der Waals surface area contributed by atoms with Gasteiger partial charge in [0.15, 0.2) is 0 Å². The van der Waals surface area contributed by atoms with Gasteiger partial charge >= 0.3 is 0 Å². The molecule has 5 heteroatoms. The number of nitrogens with one attached hydrogen (secondary N) is 1. The maximum atomic E-state index is 12.1. The predicted octanol–water partition coefficient (Wildman–Crippen LogP) is 2.87. The van der Waals surface area contributed by atoms with E-state index in [1.165, 1.54) is 0 Å². The van der Waals surface area contributed by atoms with Crippen molar-refractivity contribution >= 4 is 23.3 Å². The van der Waals surface area contributed by atoms with Crippen molar-refractivity contribution in [3.63, 3.8) is 0 Å². The zero-order chi connectivity index (χ0) is 14.8. The second-order valence-corrected chi connectivity index (χ2v) is 6.72. The molecule has 20 heavy (non-hydrogen) atoms. The summed E-state index contributed by atoms with van der Waals surface area (Å²) in [4.78, 5) is 18.6. The van der Waals surface area contributed by atoms with E-state index in [0.717, 1.165) is 31.7 Å². The molecule has 0 spiro atoms. The van der Waals surface area contributed by atoms with Crippen molar-refractivity contribution < 1.29 is 4.79 Å². The number of rotatable bonds is 2. The zero-order valence-electron chi connectivity index (χ0n) is 12.3. The molecule has 1 N–H and O–H groups in total. The van der Waals surface area contributed by atoms with Crippen LogP contribution in [-0.2, 0) is 4.79 Å². The Morgan fingerprint density at radius 3 is 2.90 bits per heavy atom. The highest BCUT2D eigenvalue weighted by atomic mass is 35.5. The number of halogens is 1. The molecule has 1 aromatic heterocycles. The molecule has 2 rings (SSSR count). The lowest BCUT2D eigenvalue weighted by molar-refractivity contribution is -0.129. The van der Waals surface area contributed by atoms with Crippen molar-refractivity contribution in [1.29, 1.82) is 0 Å². The van der Waals surface area contributed by atoms with Crippen LogP contribution in [0.5, 0.6) is 0 Å². The van der Waals surface area contributed by atoms with Gasteiger partial charge in [0, 0.05) is 30.7 Å². The molecule has 1 amide bonds. The fourth-order valence-corrected chi connectivity index (χ4v) is 2.54. The van der Waals surface area contributed by atoms with Gasteiger partial charge in [-0.2, -0.15) is 0 Å². The van der Waals surface area contributed by atoms with Crippen molar-refractivity contribution in [1.82, 2.24) is 10.3 Å². The summed E-state index contributed by atoms with van der Waals surface area (Å²) in [5.74, 6) is 0.903. The molecule has 1 unspecified atom stereocenters. The highest BCUT2D eigenvalue weighted by Gasteiger charge is 2.27. The van der Waals surface area contributed by atoms with Gasteiger partial charge in [-0.05, 0) is 25.0 Å². The van der Waals surface area contributed by atoms with Crippen LogP contribution in [0.25, 0.3) is 0 Å². The summed E-state index contributed by atoms with van der Waals surface area (Å²) in [7, 11) is 0. The van der Waals surface area contributed by atoms with Gasteiger partial charge in [-0.3, -0.25) is 4.79 Å². The van der Waals surface area contributed by atoms with Crippen LogP contribution in [0.2, 0.25) is 5.02 Å². The van der Waals surface area contributed by atoms with Gasteiger partial charge in [0.2, 0.25) is 5.91 Å². The molecular weight excluding hydrogens is 274 g/mol. The first-order valence-corrected chi connectivity index (χ1v) is 7.42. The standard InChI is InChI=1S/C15H22ClN3O/c1-15(2,3)14(20)18-11-6-5-9-19(10-11)13-12(16)7-4-8-17-13/h4,7-8,11H,5-6,9-10H2,1-3H3,(H,18,20). The molecule has 1 aliphatic heterocycles. The fourth-order valence-electron chi connectivity index (χ4n) is 2.30. The van der Waals surface area contributed by atoms with Crippen molar-refractivity contribution in [2.24, 2.45) is 5.41 Å². The Labute approximate surface area is 125 Å². The third kappa shape index (κ3) is 3.63. The van der Waals surface area contributed by atoms with E-state index >= 15 is 0 Å². The zero-order valence-corrected chi connectivity index (χ0v) is 13.1. The third-order valence-electron chi connectivity index (χ3n) is 3.48. The minimum absolute atomic E-state index is 0.0940. The second kappa shape index (κ2) is 6.00. The fraction of sp³-hybridized carbons (Fsp3) is 0.600. The SMILES string of the molecule is CC(C)(C)C(=O)NC1CCCN(c2ncccc2Cl)C1. The van der Waals surface area contributed by atoms with Crippen LogP contribution in [0.1, 0.15) is 33.6 Å². The van der Waals surface area contributed by atoms with Crippen LogP contribution in [0.4, 0.5) is 5.82 Å². The number of pyridine rings is 1. The Bertz CT molecular complexity index is 484. The number of aromatic nitrogens is 1. The van der Waals surface area contributed by atoms with Gasteiger partial charge in [0.25, 0.3) is 0 Å². The third-order valence-corrected chi connectivity index (χ3v) is 3.77. The normalized spacial score (nSPS) is 19.8. The molecule has 0 bridgehead atoms. The Morgan fingerprint density at radius 1 is 1.50 bits per heavy atom. The molecule has 1 fully saturated rings. The van der Waals surface area contributed by atoms with Crippen molar-refractivity contribution in [2.75, 3.05) is 18.0 Å². The minimum atomic E-state index is -0.356. The topological polar surface area (TPSA) is 45.2 Å². The van der Waals surface area contributed by atoms with Crippen molar-refractivity contribution in [3.05, 3.63) is 23.4 Å². The van der Waals surface area contributed by atoms with E-state index in [1.807, 2.05) is 32.9 Å². The summed E-state index contributed by atoms with van der Waals surface area (Å²) in [5, 5.41) is 3.79. The number of anilines is 1. The van der Waals surface area contributed by atoms with E-state index in [2.05, 4.69) is 15.2 Å². The Morgan fingerprint density at radius 2 is 2.25 bits per heavy atom. The Hall–Kier alpha value is -1.29. The summed E-state index contributed by atoms with van der Waals surface area (Å²) in [6, 6.07) is 3.84. The molecule has 4 nitrogen and oxygen atoms in total. The summed E-state index contributed by atoms with van der Waals surface area (Å²) >= 11 is 6.19. The number of nitrogens with zero attached hydrogens (tertiary/aromatic N) is 2. The summed E-state index contributed by atoms with van der Waals surface area (Å²) < 4.78 is 0. The minimum Gasteiger partial charge on any atom is -0.353 e. The predicted molar refractivity (Wildman–Crippen MR) is 82.1 cm³/mol. The van der Waals surface area contributed by atoms with E-state index in [1.54, 1.807) is 6.20 Å². The van der Waals surface area contributed by atoms with Crippen LogP contribution < -0.4 is 10.2 Å². The first-order chi connectivity index (χ1) is 9.38. The van der Waals surface area contributed by atoms with Gasteiger partial charge in [0.1, 0.15) is 5.82 Å². The van der Waals surface area contributed by atoms with Crippen molar-refractivity contribution in [3.8, 4) is 0 Å². The van der Waals surface area contributed by atoms with E-state index in [9.17, 15) is 4.79 Å². The first kappa shape index (κ1) is 15.1. The summed E-state index contributed by atoms with van der Waals surface area (Å²) in [6.07, 6.45) is 3.78. The van der Waals surface area contributed by atoms with Gasteiger partial charge in [-0.25, -0.2) is 4.98 Å². The van der Waals surface area contributed by atoms with Gasteiger partial charge < -0.3 is 10.2 Å². The van der Waals surface area contributed by atoms with Crippen LogP contribution >= 0.6 is 11.6 Å². The number of hydrogen-bond acceptors (Lipinski definition) is 3. The number of hydrogen-bond donors (Lipinski definition) is 1. The number of amides is 1. The summed E-state index contributed by atoms with van der Waals surface area (Å²) in [6.45, 7) is 7.48. The van der Waals surface area contributed by atoms with E-state index in [0.29, 0.717) is 5.02 Å².